The van der Waals surface area contributed by atoms with Crippen LogP contribution in [0.15, 0.2) is 24.3 Å². The number of halogens is 1. The topological polar surface area (TPSA) is 59.8 Å². The average molecular weight is 290 g/mol. The zero-order chi connectivity index (χ0) is 15.6. The molecular weight excluding hydrogens is 271 g/mol. The molecule has 0 saturated carbocycles. The first kappa shape index (κ1) is 15.2. The van der Waals surface area contributed by atoms with E-state index >= 15 is 0 Å². The molecular formula is C15H19FN4O. The van der Waals surface area contributed by atoms with E-state index in [9.17, 15) is 9.18 Å². The van der Waals surface area contributed by atoms with Gasteiger partial charge in [0.05, 0.1) is 11.4 Å². The predicted octanol–water partition coefficient (Wildman–Crippen LogP) is 2.67. The van der Waals surface area contributed by atoms with Crippen LogP contribution in [0.25, 0.3) is 5.69 Å². The summed E-state index contributed by atoms with van der Waals surface area (Å²) in [7, 11) is 0. The minimum atomic E-state index is -0.317. The number of benzene rings is 1. The van der Waals surface area contributed by atoms with Gasteiger partial charge in [0, 0.05) is 6.04 Å². The SMILES string of the molecule is CC(C)NC(=O)c1nnn(-c2ccc(F)cc2)c1C(C)C. The Balaban J connectivity index is 2.46. The third kappa shape index (κ3) is 3.26. The van der Waals surface area contributed by atoms with Gasteiger partial charge in [0.1, 0.15) is 5.82 Å². The standard InChI is InChI=1S/C15H19FN4O/c1-9(2)14-13(15(21)17-10(3)4)18-19-20(14)12-7-5-11(16)6-8-12/h5-10H,1-4H3,(H,17,21). The maximum atomic E-state index is 13.0. The zero-order valence-corrected chi connectivity index (χ0v) is 12.6. The van der Waals surface area contributed by atoms with Crippen molar-refractivity contribution >= 4 is 5.91 Å². The van der Waals surface area contributed by atoms with E-state index in [0.29, 0.717) is 17.1 Å². The Labute approximate surface area is 123 Å². The van der Waals surface area contributed by atoms with Crippen LogP contribution < -0.4 is 5.32 Å². The third-order valence-corrected chi connectivity index (χ3v) is 2.96. The summed E-state index contributed by atoms with van der Waals surface area (Å²) in [5.74, 6) is -0.511. The lowest BCUT2D eigenvalue weighted by molar-refractivity contribution is 0.0936. The smallest absolute Gasteiger partial charge is 0.273 e. The number of carbonyl (C=O) groups excluding carboxylic acids is 1. The number of aromatic nitrogens is 3. The quantitative estimate of drug-likeness (QED) is 0.941. The summed E-state index contributed by atoms with van der Waals surface area (Å²) in [6.07, 6.45) is 0. The fraction of sp³-hybridized carbons (Fsp3) is 0.400. The zero-order valence-electron chi connectivity index (χ0n) is 12.6. The number of amides is 1. The monoisotopic (exact) mass is 290 g/mol. The van der Waals surface area contributed by atoms with Crippen molar-refractivity contribution in [2.45, 2.75) is 39.7 Å². The van der Waals surface area contributed by atoms with Crippen LogP contribution in [0.5, 0.6) is 0 Å². The molecule has 1 aromatic carbocycles. The van der Waals surface area contributed by atoms with Gasteiger partial charge in [0.25, 0.3) is 5.91 Å². The van der Waals surface area contributed by atoms with Crippen molar-refractivity contribution in [3.8, 4) is 5.69 Å². The molecule has 5 nitrogen and oxygen atoms in total. The maximum Gasteiger partial charge on any atom is 0.273 e. The van der Waals surface area contributed by atoms with Crippen LogP contribution in [0.3, 0.4) is 0 Å². The van der Waals surface area contributed by atoms with E-state index in [-0.39, 0.29) is 23.7 Å². The fourth-order valence-corrected chi connectivity index (χ4v) is 2.07. The van der Waals surface area contributed by atoms with Crippen LogP contribution in [-0.2, 0) is 0 Å². The highest BCUT2D eigenvalue weighted by Crippen LogP contribution is 2.21. The van der Waals surface area contributed by atoms with Gasteiger partial charge < -0.3 is 5.32 Å². The summed E-state index contributed by atoms with van der Waals surface area (Å²) in [6.45, 7) is 7.70. The normalized spacial score (nSPS) is 11.2. The predicted molar refractivity (Wildman–Crippen MR) is 78.0 cm³/mol. The van der Waals surface area contributed by atoms with E-state index in [1.54, 1.807) is 16.8 Å². The van der Waals surface area contributed by atoms with Gasteiger partial charge >= 0.3 is 0 Å². The number of rotatable bonds is 4. The summed E-state index contributed by atoms with van der Waals surface area (Å²) >= 11 is 0. The van der Waals surface area contributed by atoms with Crippen LogP contribution in [0.2, 0.25) is 0 Å². The second kappa shape index (κ2) is 6.03. The Hall–Kier alpha value is -2.24. The van der Waals surface area contributed by atoms with Crippen LogP contribution in [-0.4, -0.2) is 26.9 Å². The second-order valence-corrected chi connectivity index (χ2v) is 5.49. The molecule has 112 valence electrons. The molecule has 0 spiro atoms. The molecule has 6 heteroatoms. The molecule has 0 unspecified atom stereocenters. The number of hydrogen-bond donors (Lipinski definition) is 1. The summed E-state index contributed by atoms with van der Waals surface area (Å²) in [5.41, 5.74) is 1.69. The van der Waals surface area contributed by atoms with Crippen LogP contribution in [0.1, 0.15) is 49.8 Å². The van der Waals surface area contributed by atoms with Gasteiger partial charge in [-0.1, -0.05) is 19.1 Å². The van der Waals surface area contributed by atoms with Crippen molar-refractivity contribution < 1.29 is 9.18 Å². The minimum Gasteiger partial charge on any atom is -0.348 e. The first-order valence-electron chi connectivity index (χ1n) is 6.92. The van der Waals surface area contributed by atoms with E-state index in [4.69, 9.17) is 0 Å². The number of nitrogens with zero attached hydrogens (tertiary/aromatic N) is 3. The highest BCUT2D eigenvalue weighted by Gasteiger charge is 2.23. The molecule has 0 bridgehead atoms. The van der Waals surface area contributed by atoms with Crippen molar-refractivity contribution in [2.75, 3.05) is 0 Å². The largest absolute Gasteiger partial charge is 0.348 e. The van der Waals surface area contributed by atoms with E-state index in [0.717, 1.165) is 0 Å². The molecule has 0 aliphatic carbocycles. The van der Waals surface area contributed by atoms with Crippen LogP contribution >= 0.6 is 0 Å². The molecule has 1 heterocycles. The van der Waals surface area contributed by atoms with E-state index in [2.05, 4.69) is 15.6 Å². The molecule has 0 fully saturated rings. The van der Waals surface area contributed by atoms with E-state index in [1.165, 1.54) is 12.1 Å². The van der Waals surface area contributed by atoms with Crippen molar-refractivity contribution in [3.63, 3.8) is 0 Å². The molecule has 0 aliphatic heterocycles. The molecule has 0 atom stereocenters. The third-order valence-electron chi connectivity index (χ3n) is 2.96. The Bertz CT molecular complexity index is 632. The highest BCUT2D eigenvalue weighted by molar-refractivity contribution is 5.93. The number of hydrogen-bond acceptors (Lipinski definition) is 3. The Morgan fingerprint density at radius 2 is 1.81 bits per heavy atom. The van der Waals surface area contributed by atoms with Gasteiger partial charge in [0.2, 0.25) is 0 Å². The lowest BCUT2D eigenvalue weighted by atomic mass is 10.1. The van der Waals surface area contributed by atoms with Gasteiger partial charge in [-0.15, -0.1) is 5.10 Å². The van der Waals surface area contributed by atoms with Crippen molar-refractivity contribution in [1.82, 2.24) is 20.3 Å². The first-order valence-corrected chi connectivity index (χ1v) is 6.92. The van der Waals surface area contributed by atoms with Gasteiger partial charge in [-0.25, -0.2) is 9.07 Å². The molecule has 0 aliphatic rings. The van der Waals surface area contributed by atoms with Crippen LogP contribution in [0, 0.1) is 5.82 Å². The Morgan fingerprint density at radius 1 is 1.19 bits per heavy atom. The molecule has 0 saturated heterocycles. The first-order chi connectivity index (χ1) is 9.90. The highest BCUT2D eigenvalue weighted by atomic mass is 19.1. The molecule has 0 radical (unpaired) electrons. The minimum absolute atomic E-state index is 0.0217. The Morgan fingerprint density at radius 3 is 2.33 bits per heavy atom. The molecule has 1 amide bonds. The maximum absolute atomic E-state index is 13.0. The molecule has 1 aromatic heterocycles. The van der Waals surface area contributed by atoms with Crippen molar-refractivity contribution in [1.29, 1.82) is 0 Å². The lowest BCUT2D eigenvalue weighted by Crippen LogP contribution is -2.31. The summed E-state index contributed by atoms with van der Waals surface area (Å²) in [5, 5.41) is 10.9. The van der Waals surface area contributed by atoms with E-state index < -0.39 is 0 Å². The van der Waals surface area contributed by atoms with Crippen molar-refractivity contribution in [3.05, 3.63) is 41.5 Å². The lowest BCUT2D eigenvalue weighted by Gasteiger charge is -2.12. The summed E-state index contributed by atoms with van der Waals surface area (Å²) in [4.78, 5) is 12.2. The summed E-state index contributed by atoms with van der Waals surface area (Å²) < 4.78 is 14.6. The molecule has 1 N–H and O–H groups in total. The van der Waals surface area contributed by atoms with E-state index in [1.807, 2.05) is 27.7 Å². The van der Waals surface area contributed by atoms with Gasteiger partial charge in [-0.3, -0.25) is 4.79 Å². The molecule has 2 rings (SSSR count). The molecule has 2 aromatic rings. The average Bonchev–Trinajstić information content (AvgIpc) is 2.83. The summed E-state index contributed by atoms with van der Waals surface area (Å²) in [6, 6.07) is 5.96. The second-order valence-electron chi connectivity index (χ2n) is 5.49. The Kier molecular flexibility index (Phi) is 4.35. The van der Waals surface area contributed by atoms with Crippen LogP contribution in [0.4, 0.5) is 4.39 Å². The van der Waals surface area contributed by atoms with Gasteiger partial charge in [-0.2, -0.15) is 0 Å². The fourth-order valence-electron chi connectivity index (χ4n) is 2.07. The van der Waals surface area contributed by atoms with Gasteiger partial charge in [0.15, 0.2) is 5.69 Å². The van der Waals surface area contributed by atoms with Gasteiger partial charge in [-0.05, 0) is 44.0 Å². The number of nitrogens with one attached hydrogen (secondary N) is 1. The van der Waals surface area contributed by atoms with Crippen molar-refractivity contribution in [2.24, 2.45) is 0 Å². The number of carbonyl (C=O) groups is 1. The molecule has 21 heavy (non-hydrogen) atoms.